The molecule has 1 fully saturated rings. The third-order valence-electron chi connectivity index (χ3n) is 4.94. The van der Waals surface area contributed by atoms with Crippen LogP contribution >= 0.6 is 0 Å². The van der Waals surface area contributed by atoms with E-state index in [2.05, 4.69) is 9.97 Å². The molecule has 1 saturated carbocycles. The molecule has 1 atom stereocenters. The third kappa shape index (κ3) is 3.41. The highest BCUT2D eigenvalue weighted by molar-refractivity contribution is 5.71. The Bertz CT molecular complexity index is 879. The van der Waals surface area contributed by atoms with Gasteiger partial charge in [-0.25, -0.2) is 13.8 Å². The van der Waals surface area contributed by atoms with E-state index in [1.165, 1.54) is 10.9 Å². The minimum Gasteiger partial charge on any atom is -0.473 e. The van der Waals surface area contributed by atoms with Crippen LogP contribution in [-0.4, -0.2) is 20.5 Å². The quantitative estimate of drug-likeness (QED) is 0.606. The number of benzene rings is 1. The van der Waals surface area contributed by atoms with Crippen LogP contribution in [0.1, 0.15) is 43.7 Å². The highest BCUT2D eigenvalue weighted by Gasteiger charge is 2.42. The predicted octanol–water partition coefficient (Wildman–Crippen LogP) is 5.15. The van der Waals surface area contributed by atoms with Crippen molar-refractivity contribution in [3.63, 3.8) is 0 Å². The van der Waals surface area contributed by atoms with Crippen molar-refractivity contribution in [3.05, 3.63) is 54.4 Å². The summed E-state index contributed by atoms with van der Waals surface area (Å²) >= 11 is 0. The molecule has 26 heavy (non-hydrogen) atoms. The van der Waals surface area contributed by atoms with Crippen LogP contribution < -0.4 is 4.74 Å². The molecular formula is C20H21F2N3O. The molecule has 0 N–H and O–H groups in total. The highest BCUT2D eigenvalue weighted by Crippen LogP contribution is 2.41. The lowest BCUT2D eigenvalue weighted by molar-refractivity contribution is -0.0557. The molecule has 6 heteroatoms. The first kappa shape index (κ1) is 16.9. The van der Waals surface area contributed by atoms with E-state index in [0.717, 1.165) is 18.4 Å². The molecule has 1 aliphatic rings. The fourth-order valence-electron chi connectivity index (χ4n) is 3.53. The van der Waals surface area contributed by atoms with Crippen molar-refractivity contribution in [2.75, 3.05) is 0 Å². The van der Waals surface area contributed by atoms with E-state index in [0.29, 0.717) is 36.5 Å². The normalized spacial score (nSPS) is 20.0. The zero-order chi connectivity index (χ0) is 18.0. The number of pyridine rings is 1. The second-order valence-corrected chi connectivity index (χ2v) is 6.79. The molecule has 2 heterocycles. The molecule has 2 aromatic heterocycles. The summed E-state index contributed by atoms with van der Waals surface area (Å²) in [5.41, 5.74) is 2.09. The van der Waals surface area contributed by atoms with Crippen LogP contribution in [0, 0.1) is 0 Å². The SMILES string of the molecule is FC1(F)CCCCCC1n1cnc2ccc(OCc3ccccc3)nc21. The maximum atomic E-state index is 14.6. The van der Waals surface area contributed by atoms with Crippen molar-refractivity contribution >= 4 is 11.2 Å². The predicted molar refractivity (Wildman–Crippen MR) is 95.4 cm³/mol. The maximum absolute atomic E-state index is 14.6. The van der Waals surface area contributed by atoms with E-state index in [9.17, 15) is 8.78 Å². The fraction of sp³-hybridized carbons (Fsp3) is 0.400. The molecule has 0 radical (unpaired) electrons. The Morgan fingerprint density at radius 3 is 2.77 bits per heavy atom. The van der Waals surface area contributed by atoms with Crippen molar-refractivity contribution in [2.45, 2.75) is 50.7 Å². The Balaban J connectivity index is 1.62. The van der Waals surface area contributed by atoms with E-state index in [1.54, 1.807) is 12.1 Å². The van der Waals surface area contributed by atoms with Crippen molar-refractivity contribution in [1.82, 2.24) is 14.5 Å². The number of rotatable bonds is 4. The molecule has 4 nitrogen and oxygen atoms in total. The first-order chi connectivity index (χ1) is 12.6. The summed E-state index contributed by atoms with van der Waals surface area (Å²) in [4.78, 5) is 8.73. The van der Waals surface area contributed by atoms with Crippen molar-refractivity contribution in [1.29, 1.82) is 0 Å². The van der Waals surface area contributed by atoms with Gasteiger partial charge in [-0.3, -0.25) is 0 Å². The first-order valence-corrected chi connectivity index (χ1v) is 9.02. The molecule has 0 bridgehead atoms. The molecular weight excluding hydrogens is 336 g/mol. The van der Waals surface area contributed by atoms with Crippen LogP contribution in [0.2, 0.25) is 0 Å². The number of aromatic nitrogens is 3. The number of hydrogen-bond donors (Lipinski definition) is 0. The average Bonchev–Trinajstić information content (AvgIpc) is 2.97. The molecule has 0 aliphatic heterocycles. The van der Waals surface area contributed by atoms with Gasteiger partial charge in [0.05, 0.1) is 6.33 Å². The largest absolute Gasteiger partial charge is 0.473 e. The van der Waals surface area contributed by atoms with Crippen LogP contribution in [0.4, 0.5) is 8.78 Å². The summed E-state index contributed by atoms with van der Waals surface area (Å²) in [5.74, 6) is -2.33. The molecule has 3 aromatic rings. The van der Waals surface area contributed by atoms with Crippen LogP contribution in [0.25, 0.3) is 11.2 Å². The molecule has 0 saturated heterocycles. The number of imidazole rings is 1. The van der Waals surface area contributed by atoms with Gasteiger partial charge in [-0.05, 0) is 24.5 Å². The van der Waals surface area contributed by atoms with Crippen LogP contribution in [0.3, 0.4) is 0 Å². The Labute approximate surface area is 150 Å². The van der Waals surface area contributed by atoms with Crippen molar-refractivity contribution in [2.24, 2.45) is 0 Å². The summed E-state index contributed by atoms with van der Waals surface area (Å²) in [6, 6.07) is 12.4. The fourth-order valence-corrected chi connectivity index (χ4v) is 3.53. The first-order valence-electron chi connectivity index (χ1n) is 9.02. The summed E-state index contributed by atoms with van der Waals surface area (Å²) in [7, 11) is 0. The summed E-state index contributed by atoms with van der Waals surface area (Å²) in [6.07, 6.45) is 4.05. The molecule has 0 amide bonds. The van der Waals surface area contributed by atoms with Gasteiger partial charge in [0.25, 0.3) is 5.92 Å². The van der Waals surface area contributed by atoms with Crippen LogP contribution in [-0.2, 0) is 6.61 Å². The van der Waals surface area contributed by atoms with Crippen LogP contribution in [0.15, 0.2) is 48.8 Å². The smallest absolute Gasteiger partial charge is 0.268 e. The number of nitrogens with zero attached hydrogens (tertiary/aromatic N) is 3. The molecule has 136 valence electrons. The van der Waals surface area contributed by atoms with E-state index in [1.807, 2.05) is 30.3 Å². The number of hydrogen-bond acceptors (Lipinski definition) is 3. The number of fused-ring (bicyclic) bond motifs is 1. The van der Waals surface area contributed by atoms with Gasteiger partial charge in [-0.1, -0.05) is 43.2 Å². The average molecular weight is 357 g/mol. The van der Waals surface area contributed by atoms with E-state index in [4.69, 9.17) is 4.74 Å². The molecule has 0 spiro atoms. The van der Waals surface area contributed by atoms with E-state index >= 15 is 0 Å². The van der Waals surface area contributed by atoms with Gasteiger partial charge in [0, 0.05) is 12.5 Å². The second kappa shape index (κ2) is 7.02. The Hall–Kier alpha value is -2.50. The molecule has 1 aliphatic carbocycles. The Morgan fingerprint density at radius 1 is 1.08 bits per heavy atom. The van der Waals surface area contributed by atoms with Crippen molar-refractivity contribution < 1.29 is 13.5 Å². The van der Waals surface area contributed by atoms with E-state index < -0.39 is 12.0 Å². The Kier molecular flexibility index (Phi) is 4.57. The minimum atomic E-state index is -2.74. The van der Waals surface area contributed by atoms with E-state index in [-0.39, 0.29) is 6.42 Å². The van der Waals surface area contributed by atoms with Crippen LogP contribution in [0.5, 0.6) is 5.88 Å². The van der Waals surface area contributed by atoms with Gasteiger partial charge in [0.1, 0.15) is 18.2 Å². The highest BCUT2D eigenvalue weighted by atomic mass is 19.3. The zero-order valence-electron chi connectivity index (χ0n) is 14.4. The minimum absolute atomic E-state index is 0.0818. The van der Waals surface area contributed by atoms with Gasteiger partial charge >= 0.3 is 0 Å². The van der Waals surface area contributed by atoms with Gasteiger partial charge in [-0.15, -0.1) is 0 Å². The van der Waals surface area contributed by atoms with Gasteiger partial charge in [-0.2, -0.15) is 4.98 Å². The van der Waals surface area contributed by atoms with Gasteiger partial charge in [0.15, 0.2) is 5.65 Å². The summed E-state index contributed by atoms with van der Waals surface area (Å²) < 4.78 is 36.5. The maximum Gasteiger partial charge on any atom is 0.268 e. The number of alkyl halides is 2. The third-order valence-corrected chi connectivity index (χ3v) is 4.94. The zero-order valence-corrected chi connectivity index (χ0v) is 14.4. The lowest BCUT2D eigenvalue weighted by Gasteiger charge is -2.26. The van der Waals surface area contributed by atoms with Gasteiger partial charge in [0.2, 0.25) is 5.88 Å². The topological polar surface area (TPSA) is 39.9 Å². The number of ether oxygens (including phenoxy) is 1. The number of halogens is 2. The monoisotopic (exact) mass is 357 g/mol. The lowest BCUT2D eigenvalue weighted by Crippen LogP contribution is -2.29. The molecule has 1 unspecified atom stereocenters. The standard InChI is InChI=1S/C20H21F2N3O/c21-20(22)12-6-2-5-9-17(20)25-14-23-16-10-11-18(24-19(16)25)26-13-15-7-3-1-4-8-15/h1,3-4,7-8,10-11,14,17H,2,5-6,9,12-13H2. The van der Waals surface area contributed by atoms with Gasteiger partial charge < -0.3 is 9.30 Å². The molecule has 1 aromatic carbocycles. The lowest BCUT2D eigenvalue weighted by atomic mass is 10.0. The molecule has 4 rings (SSSR count). The summed E-state index contributed by atoms with van der Waals surface area (Å²) in [5, 5.41) is 0. The van der Waals surface area contributed by atoms with Crippen molar-refractivity contribution in [3.8, 4) is 5.88 Å². The second-order valence-electron chi connectivity index (χ2n) is 6.79. The summed E-state index contributed by atoms with van der Waals surface area (Å²) in [6.45, 7) is 0.382. The Morgan fingerprint density at radius 2 is 1.92 bits per heavy atom.